The van der Waals surface area contributed by atoms with Crippen molar-refractivity contribution in [2.75, 3.05) is 38.2 Å². The molecule has 0 unspecified atom stereocenters. The molecular weight excluding hydrogens is 276 g/mol. The van der Waals surface area contributed by atoms with Crippen LogP contribution in [0.2, 0.25) is 0 Å². The van der Waals surface area contributed by atoms with E-state index in [1.165, 1.54) is 26.0 Å². The third-order valence-electron chi connectivity index (χ3n) is 3.53. The molecule has 1 fully saturated rings. The number of nitrogens with two attached hydrogens (primary N) is 1. The Labute approximate surface area is 120 Å². The fourth-order valence-corrected chi connectivity index (χ4v) is 2.92. The molecule has 0 radical (unpaired) electrons. The lowest BCUT2D eigenvalue weighted by molar-refractivity contribution is 0.337. The van der Waals surface area contributed by atoms with Gasteiger partial charge < -0.3 is 16.0 Å². The number of hydrogen-bond donors (Lipinski definition) is 3. The molecule has 1 aliphatic rings. The number of nitrogens with one attached hydrogen (secondary N) is 2. The summed E-state index contributed by atoms with van der Waals surface area (Å²) < 4.78 is 25.7. The summed E-state index contributed by atoms with van der Waals surface area (Å²) in [5.74, 6) is 0. The minimum atomic E-state index is -3.49. The Balaban J connectivity index is 1.95. The first-order chi connectivity index (χ1) is 9.44. The summed E-state index contributed by atoms with van der Waals surface area (Å²) in [4.78, 5) is 2.44. The molecule has 0 heterocycles. The zero-order chi connectivity index (χ0) is 14.8. The van der Waals surface area contributed by atoms with Crippen LogP contribution in [0.5, 0.6) is 0 Å². The van der Waals surface area contributed by atoms with E-state index in [4.69, 9.17) is 5.73 Å². The van der Waals surface area contributed by atoms with Crippen molar-refractivity contribution in [1.29, 1.82) is 0 Å². The van der Waals surface area contributed by atoms with E-state index < -0.39 is 10.0 Å². The topological polar surface area (TPSA) is 87.5 Å². The molecule has 0 saturated heterocycles. The summed E-state index contributed by atoms with van der Waals surface area (Å²) >= 11 is 0. The van der Waals surface area contributed by atoms with Crippen molar-refractivity contribution in [1.82, 2.24) is 9.62 Å². The van der Waals surface area contributed by atoms with Gasteiger partial charge in [-0.2, -0.15) is 0 Å². The summed E-state index contributed by atoms with van der Waals surface area (Å²) in [6.45, 7) is 1.77. The number of rotatable bonds is 7. The molecule has 112 valence electrons. The maximum absolute atomic E-state index is 11.7. The van der Waals surface area contributed by atoms with Gasteiger partial charge in [0, 0.05) is 24.8 Å². The average Bonchev–Trinajstić information content (AvgIpc) is 3.22. The van der Waals surface area contributed by atoms with E-state index in [2.05, 4.69) is 22.0 Å². The van der Waals surface area contributed by atoms with Crippen LogP contribution >= 0.6 is 0 Å². The van der Waals surface area contributed by atoms with E-state index in [0.717, 1.165) is 24.8 Å². The van der Waals surface area contributed by atoms with Crippen molar-refractivity contribution in [3.8, 4) is 0 Å². The van der Waals surface area contributed by atoms with Crippen molar-refractivity contribution in [3.63, 3.8) is 0 Å². The molecule has 2 rings (SSSR count). The Morgan fingerprint density at radius 1 is 1.40 bits per heavy atom. The highest BCUT2D eigenvalue weighted by atomic mass is 32.2. The maximum Gasteiger partial charge on any atom is 0.242 e. The molecule has 4 N–H and O–H groups in total. The van der Waals surface area contributed by atoms with Crippen molar-refractivity contribution in [2.45, 2.75) is 23.8 Å². The fraction of sp³-hybridized carbons (Fsp3) is 0.538. The number of nitrogen functional groups attached to an aromatic ring is 1. The van der Waals surface area contributed by atoms with Gasteiger partial charge in [-0.05, 0) is 45.1 Å². The highest BCUT2D eigenvalue weighted by molar-refractivity contribution is 7.89. The molecule has 1 aromatic carbocycles. The Morgan fingerprint density at radius 2 is 2.10 bits per heavy atom. The summed E-state index contributed by atoms with van der Waals surface area (Å²) in [7, 11) is -0.00253. The van der Waals surface area contributed by atoms with Gasteiger partial charge in [0.2, 0.25) is 10.0 Å². The molecule has 0 aromatic heterocycles. The van der Waals surface area contributed by atoms with Crippen LogP contribution in [0.25, 0.3) is 0 Å². The standard InChI is InChI=1S/C13H22N4O2S/c1-15-20(18,19)13-6-3-10(9-12(13)14)16-7-8-17(2)11-4-5-11/h3,6,9,11,15-16H,4-5,7-8,14H2,1-2H3. The first-order valence-electron chi connectivity index (χ1n) is 6.71. The van der Waals surface area contributed by atoms with Gasteiger partial charge >= 0.3 is 0 Å². The van der Waals surface area contributed by atoms with Crippen molar-refractivity contribution in [3.05, 3.63) is 18.2 Å². The van der Waals surface area contributed by atoms with Crippen molar-refractivity contribution < 1.29 is 8.42 Å². The van der Waals surface area contributed by atoms with E-state index in [9.17, 15) is 8.42 Å². The van der Waals surface area contributed by atoms with Crippen LogP contribution in [-0.2, 0) is 10.0 Å². The maximum atomic E-state index is 11.7. The molecular formula is C13H22N4O2S. The second-order valence-electron chi connectivity index (χ2n) is 5.10. The second-order valence-corrected chi connectivity index (χ2v) is 6.95. The monoisotopic (exact) mass is 298 g/mol. The summed E-state index contributed by atoms with van der Waals surface area (Å²) in [5.41, 5.74) is 6.89. The van der Waals surface area contributed by atoms with E-state index >= 15 is 0 Å². The van der Waals surface area contributed by atoms with Crippen LogP contribution in [-0.4, -0.2) is 46.5 Å². The molecule has 0 amide bonds. The van der Waals surface area contributed by atoms with E-state index in [-0.39, 0.29) is 10.6 Å². The Hall–Kier alpha value is -1.31. The molecule has 0 bridgehead atoms. The van der Waals surface area contributed by atoms with E-state index in [1.807, 2.05) is 0 Å². The zero-order valence-corrected chi connectivity index (χ0v) is 12.7. The fourth-order valence-electron chi connectivity index (χ4n) is 2.09. The van der Waals surface area contributed by atoms with Crippen LogP contribution in [0.15, 0.2) is 23.1 Å². The van der Waals surface area contributed by atoms with Gasteiger partial charge in [0.1, 0.15) is 4.90 Å². The first-order valence-corrected chi connectivity index (χ1v) is 8.19. The Kier molecular flexibility index (Phi) is 4.52. The van der Waals surface area contributed by atoms with E-state index in [1.54, 1.807) is 12.1 Å². The van der Waals surface area contributed by atoms with Crippen LogP contribution in [0.3, 0.4) is 0 Å². The minimum Gasteiger partial charge on any atom is -0.398 e. The van der Waals surface area contributed by atoms with Gasteiger partial charge in [0.25, 0.3) is 0 Å². The van der Waals surface area contributed by atoms with Gasteiger partial charge in [-0.3, -0.25) is 0 Å². The zero-order valence-electron chi connectivity index (χ0n) is 11.9. The quantitative estimate of drug-likeness (QED) is 0.645. The predicted molar refractivity (Wildman–Crippen MR) is 81.2 cm³/mol. The second kappa shape index (κ2) is 5.99. The number of anilines is 2. The molecule has 0 aliphatic heterocycles. The van der Waals surface area contributed by atoms with Crippen LogP contribution < -0.4 is 15.8 Å². The molecule has 6 nitrogen and oxygen atoms in total. The van der Waals surface area contributed by atoms with Crippen molar-refractivity contribution >= 4 is 21.4 Å². The number of likely N-dealkylation sites (N-methyl/N-ethyl adjacent to an activating group) is 1. The van der Waals surface area contributed by atoms with Crippen LogP contribution in [0.1, 0.15) is 12.8 Å². The SMILES string of the molecule is CNS(=O)(=O)c1ccc(NCCN(C)C2CC2)cc1N. The lowest BCUT2D eigenvalue weighted by Gasteiger charge is -2.16. The lowest BCUT2D eigenvalue weighted by Crippen LogP contribution is -2.27. The average molecular weight is 298 g/mol. The number of hydrogen-bond acceptors (Lipinski definition) is 5. The summed E-state index contributed by atoms with van der Waals surface area (Å²) in [5, 5.41) is 3.26. The third-order valence-corrected chi connectivity index (χ3v) is 5.02. The molecule has 0 atom stereocenters. The third kappa shape index (κ3) is 3.62. The van der Waals surface area contributed by atoms with Gasteiger partial charge in [0.15, 0.2) is 0 Å². The predicted octanol–water partition coefficient (Wildman–Crippen LogP) is 0.683. The molecule has 1 saturated carbocycles. The van der Waals surface area contributed by atoms with E-state index in [0.29, 0.717) is 0 Å². The number of nitrogens with zero attached hydrogens (tertiary/aromatic N) is 1. The molecule has 0 spiro atoms. The smallest absolute Gasteiger partial charge is 0.242 e. The Bertz CT molecular complexity index is 570. The summed E-state index contributed by atoms with van der Waals surface area (Å²) in [6.07, 6.45) is 2.58. The number of benzene rings is 1. The van der Waals surface area contributed by atoms with Crippen LogP contribution in [0, 0.1) is 0 Å². The van der Waals surface area contributed by atoms with Gasteiger partial charge in [-0.1, -0.05) is 0 Å². The molecule has 7 heteroatoms. The normalized spacial score (nSPS) is 15.6. The molecule has 1 aromatic rings. The highest BCUT2D eigenvalue weighted by Gasteiger charge is 2.25. The van der Waals surface area contributed by atoms with Gasteiger partial charge in [0.05, 0.1) is 5.69 Å². The highest BCUT2D eigenvalue weighted by Crippen LogP contribution is 2.25. The largest absolute Gasteiger partial charge is 0.398 e. The summed E-state index contributed by atoms with van der Waals surface area (Å²) in [6, 6.07) is 5.65. The van der Waals surface area contributed by atoms with Gasteiger partial charge in [-0.15, -0.1) is 0 Å². The molecule has 1 aliphatic carbocycles. The van der Waals surface area contributed by atoms with Crippen LogP contribution in [0.4, 0.5) is 11.4 Å². The number of sulfonamides is 1. The van der Waals surface area contributed by atoms with Gasteiger partial charge in [-0.25, -0.2) is 13.1 Å². The Morgan fingerprint density at radius 3 is 2.65 bits per heavy atom. The van der Waals surface area contributed by atoms with Crippen molar-refractivity contribution in [2.24, 2.45) is 0 Å². The molecule has 20 heavy (non-hydrogen) atoms. The minimum absolute atomic E-state index is 0.112. The first kappa shape index (κ1) is 15.1. The lowest BCUT2D eigenvalue weighted by atomic mass is 10.3.